The molecule has 160 valence electrons. The van der Waals surface area contributed by atoms with Gasteiger partial charge < -0.3 is 9.55 Å². The van der Waals surface area contributed by atoms with E-state index in [1.165, 1.54) is 36.8 Å². The monoisotopic (exact) mass is 414 g/mol. The van der Waals surface area contributed by atoms with Gasteiger partial charge in [0.15, 0.2) is 5.82 Å². The van der Waals surface area contributed by atoms with Crippen LogP contribution in [0, 0.1) is 23.7 Å². The molecule has 31 heavy (non-hydrogen) atoms. The Morgan fingerprint density at radius 3 is 2.68 bits per heavy atom. The first-order valence-corrected chi connectivity index (χ1v) is 11.7. The third-order valence-electron chi connectivity index (χ3n) is 8.07. The molecule has 3 fully saturated rings. The van der Waals surface area contributed by atoms with Gasteiger partial charge in [-0.25, -0.2) is 19.9 Å². The minimum atomic E-state index is 0.351. The minimum absolute atomic E-state index is 0.351. The summed E-state index contributed by atoms with van der Waals surface area (Å²) in [5, 5.41) is 2.18. The van der Waals surface area contributed by atoms with E-state index in [0.29, 0.717) is 6.04 Å². The molecule has 3 aliphatic rings. The van der Waals surface area contributed by atoms with Crippen molar-refractivity contribution >= 4 is 22.1 Å². The highest BCUT2D eigenvalue weighted by Crippen LogP contribution is 2.50. The van der Waals surface area contributed by atoms with E-state index < -0.39 is 0 Å². The molecular formula is C25H30N6. The molecule has 2 atom stereocenters. The standard InChI is InChI=1S/C25H30N6/c1-14(2)31-9-8-18-22(10-19-15(3)16-4-6-17(19)7-5-16)29-24(30-25(18)31)21-12-27-23-20(21)11-26-13-28-23/h8-9,11-17,19H,4-7,10H2,1-3H3,(H,26,27,28)/t15-,16?,17?,19+/m0/s1. The number of H-pyrrole nitrogens is 1. The van der Waals surface area contributed by atoms with Gasteiger partial charge in [0.2, 0.25) is 0 Å². The summed E-state index contributed by atoms with van der Waals surface area (Å²) in [6.45, 7) is 6.90. The fourth-order valence-corrected chi connectivity index (χ4v) is 6.29. The second kappa shape index (κ2) is 7.14. The molecule has 0 spiro atoms. The average molecular weight is 415 g/mol. The molecule has 4 aromatic heterocycles. The van der Waals surface area contributed by atoms with Gasteiger partial charge >= 0.3 is 0 Å². The first kappa shape index (κ1) is 19.0. The SMILES string of the molecule is CC(C)n1ccc2c(C[C@H]3C4CCC(CC4)[C@@H]3C)nc(-c3c[nH]c4ncncc34)nc21. The molecule has 3 aliphatic carbocycles. The summed E-state index contributed by atoms with van der Waals surface area (Å²) in [6.07, 6.45) is 14.3. The average Bonchev–Trinajstić information content (AvgIpc) is 3.41. The van der Waals surface area contributed by atoms with E-state index in [4.69, 9.17) is 9.97 Å². The Hall–Kier alpha value is -2.76. The molecule has 0 radical (unpaired) electrons. The zero-order valence-corrected chi connectivity index (χ0v) is 18.5. The van der Waals surface area contributed by atoms with E-state index in [-0.39, 0.29) is 0 Å². The van der Waals surface area contributed by atoms with Crippen LogP contribution in [0.2, 0.25) is 0 Å². The van der Waals surface area contributed by atoms with E-state index >= 15 is 0 Å². The van der Waals surface area contributed by atoms with Crippen LogP contribution in [-0.4, -0.2) is 29.5 Å². The zero-order valence-electron chi connectivity index (χ0n) is 18.5. The van der Waals surface area contributed by atoms with E-state index in [9.17, 15) is 0 Å². The lowest BCUT2D eigenvalue weighted by molar-refractivity contribution is 0.0341. The topological polar surface area (TPSA) is 72.3 Å². The van der Waals surface area contributed by atoms with Crippen molar-refractivity contribution < 1.29 is 0 Å². The van der Waals surface area contributed by atoms with Gasteiger partial charge in [0, 0.05) is 41.0 Å². The van der Waals surface area contributed by atoms with Crippen LogP contribution in [0.15, 0.2) is 31.0 Å². The molecule has 7 rings (SSSR count). The Labute approximate surface area is 182 Å². The van der Waals surface area contributed by atoms with Gasteiger partial charge in [0.1, 0.15) is 17.6 Å². The van der Waals surface area contributed by atoms with Crippen molar-refractivity contribution in [3.8, 4) is 11.4 Å². The van der Waals surface area contributed by atoms with E-state index in [1.54, 1.807) is 6.33 Å². The lowest BCUT2D eigenvalue weighted by Crippen LogP contribution is -2.39. The first-order chi connectivity index (χ1) is 15.1. The lowest BCUT2D eigenvalue weighted by Gasteiger charge is -2.47. The van der Waals surface area contributed by atoms with Crippen LogP contribution in [0.3, 0.4) is 0 Å². The van der Waals surface area contributed by atoms with Gasteiger partial charge in [-0.2, -0.15) is 0 Å². The van der Waals surface area contributed by atoms with Crippen LogP contribution >= 0.6 is 0 Å². The third kappa shape index (κ3) is 2.99. The quantitative estimate of drug-likeness (QED) is 0.474. The normalized spacial score (nSPS) is 25.8. The summed E-state index contributed by atoms with van der Waals surface area (Å²) in [4.78, 5) is 22.1. The summed E-state index contributed by atoms with van der Waals surface area (Å²) < 4.78 is 2.27. The van der Waals surface area contributed by atoms with Crippen LogP contribution in [-0.2, 0) is 6.42 Å². The third-order valence-corrected chi connectivity index (χ3v) is 8.07. The number of hydrogen-bond acceptors (Lipinski definition) is 4. The molecule has 6 nitrogen and oxygen atoms in total. The highest BCUT2D eigenvalue weighted by molar-refractivity contribution is 5.92. The Bertz CT molecular complexity index is 1240. The highest BCUT2D eigenvalue weighted by Gasteiger charge is 2.41. The van der Waals surface area contributed by atoms with Crippen molar-refractivity contribution in [1.29, 1.82) is 0 Å². The number of nitrogens with zero attached hydrogens (tertiary/aromatic N) is 5. The summed E-state index contributed by atoms with van der Waals surface area (Å²) in [7, 11) is 0. The summed E-state index contributed by atoms with van der Waals surface area (Å²) in [5.74, 6) is 4.04. The number of nitrogens with one attached hydrogen (secondary N) is 1. The van der Waals surface area contributed by atoms with Gasteiger partial charge in [0.25, 0.3) is 0 Å². The van der Waals surface area contributed by atoms with Crippen molar-refractivity contribution in [2.45, 2.75) is 58.9 Å². The molecule has 1 N–H and O–H groups in total. The fourth-order valence-electron chi connectivity index (χ4n) is 6.29. The van der Waals surface area contributed by atoms with Crippen LogP contribution in [0.5, 0.6) is 0 Å². The maximum Gasteiger partial charge on any atom is 0.164 e. The van der Waals surface area contributed by atoms with Gasteiger partial charge in [0.05, 0.1) is 5.69 Å². The Morgan fingerprint density at radius 2 is 1.90 bits per heavy atom. The zero-order chi connectivity index (χ0) is 21.1. The van der Waals surface area contributed by atoms with Crippen LogP contribution in [0.1, 0.15) is 58.2 Å². The second-order valence-electron chi connectivity index (χ2n) is 9.94. The molecule has 6 heteroatoms. The van der Waals surface area contributed by atoms with Crippen molar-refractivity contribution in [2.75, 3.05) is 0 Å². The van der Waals surface area contributed by atoms with Crippen molar-refractivity contribution in [1.82, 2.24) is 29.5 Å². The number of aromatic amines is 1. The van der Waals surface area contributed by atoms with Gasteiger partial charge in [-0.05, 0) is 75.7 Å². The smallest absolute Gasteiger partial charge is 0.164 e. The number of rotatable bonds is 4. The largest absolute Gasteiger partial charge is 0.345 e. The second-order valence-corrected chi connectivity index (χ2v) is 9.94. The van der Waals surface area contributed by atoms with Crippen molar-refractivity contribution in [3.05, 3.63) is 36.7 Å². The number of fused-ring (bicyclic) bond motifs is 5. The molecule has 0 amide bonds. The first-order valence-electron chi connectivity index (χ1n) is 11.7. The van der Waals surface area contributed by atoms with Gasteiger partial charge in [-0.1, -0.05) is 6.92 Å². The molecule has 2 bridgehead atoms. The molecule has 3 saturated carbocycles. The fraction of sp³-hybridized carbons (Fsp3) is 0.520. The summed E-state index contributed by atoms with van der Waals surface area (Å²) in [6, 6.07) is 2.57. The predicted octanol–water partition coefficient (Wildman–Crippen LogP) is 5.57. The Kier molecular flexibility index (Phi) is 4.37. The summed E-state index contributed by atoms with van der Waals surface area (Å²) >= 11 is 0. The molecular weight excluding hydrogens is 384 g/mol. The van der Waals surface area contributed by atoms with Gasteiger partial charge in [-0.3, -0.25) is 0 Å². The van der Waals surface area contributed by atoms with Crippen molar-refractivity contribution in [3.63, 3.8) is 0 Å². The molecule has 4 heterocycles. The van der Waals surface area contributed by atoms with E-state index in [1.807, 2.05) is 12.4 Å². The van der Waals surface area contributed by atoms with Crippen LogP contribution < -0.4 is 0 Å². The van der Waals surface area contributed by atoms with Crippen LogP contribution in [0.25, 0.3) is 33.5 Å². The minimum Gasteiger partial charge on any atom is -0.345 e. The number of aromatic nitrogens is 6. The molecule has 4 aromatic rings. The number of hydrogen-bond donors (Lipinski definition) is 1. The Morgan fingerprint density at radius 1 is 1.10 bits per heavy atom. The molecule has 0 saturated heterocycles. The van der Waals surface area contributed by atoms with Crippen LogP contribution in [0.4, 0.5) is 0 Å². The molecule has 0 aromatic carbocycles. The maximum absolute atomic E-state index is 5.18. The highest BCUT2D eigenvalue weighted by atomic mass is 15.1. The van der Waals surface area contributed by atoms with Crippen molar-refractivity contribution in [2.24, 2.45) is 23.7 Å². The predicted molar refractivity (Wildman–Crippen MR) is 123 cm³/mol. The van der Waals surface area contributed by atoms with E-state index in [0.717, 1.165) is 58.2 Å². The van der Waals surface area contributed by atoms with E-state index in [2.05, 4.69) is 52.6 Å². The molecule has 0 aliphatic heterocycles. The maximum atomic E-state index is 5.18. The lowest BCUT2D eigenvalue weighted by atomic mass is 9.58. The van der Waals surface area contributed by atoms with Gasteiger partial charge in [-0.15, -0.1) is 0 Å². The summed E-state index contributed by atoms with van der Waals surface area (Å²) in [5.41, 5.74) is 4.05. The molecule has 0 unspecified atom stereocenters. The Balaban J connectivity index is 1.50.